The molecule has 0 aliphatic carbocycles. The van der Waals surface area contributed by atoms with Gasteiger partial charge in [0.2, 0.25) is 11.8 Å². The zero-order valence-corrected chi connectivity index (χ0v) is 11.5. The first-order chi connectivity index (χ1) is 8.38. The van der Waals surface area contributed by atoms with Gasteiger partial charge < -0.3 is 16.2 Å². The Morgan fingerprint density at radius 3 is 2.44 bits per heavy atom. The number of aliphatic carboxylic acids is 1. The lowest BCUT2D eigenvalue weighted by atomic mass is 9.99. The second-order valence-corrected chi connectivity index (χ2v) is 5.14. The number of carbonyl (C=O) groups is 3. The number of carbonyl (C=O) groups excluding carboxylic acids is 2. The van der Waals surface area contributed by atoms with E-state index in [0.717, 1.165) is 0 Å². The van der Waals surface area contributed by atoms with Gasteiger partial charge in [-0.05, 0) is 5.92 Å². The van der Waals surface area contributed by atoms with Gasteiger partial charge in [-0.15, -0.1) is 0 Å². The monoisotopic (exact) mass is 276 g/mol. The maximum absolute atomic E-state index is 11.5. The lowest BCUT2D eigenvalue weighted by molar-refractivity contribution is -0.143. The Labute approximate surface area is 111 Å². The smallest absolute Gasteiger partial charge is 0.326 e. The van der Waals surface area contributed by atoms with Crippen molar-refractivity contribution in [1.82, 2.24) is 5.32 Å². The van der Waals surface area contributed by atoms with Crippen LogP contribution in [0, 0.1) is 5.92 Å². The van der Waals surface area contributed by atoms with Crippen LogP contribution in [0.1, 0.15) is 26.7 Å². The number of hydrogen-bond donors (Lipinski definition) is 3. The highest BCUT2D eigenvalue weighted by atomic mass is 32.2. The molecule has 0 saturated carbocycles. The number of nitrogens with two attached hydrogens (primary N) is 1. The van der Waals surface area contributed by atoms with Crippen LogP contribution in [0.2, 0.25) is 0 Å². The highest BCUT2D eigenvalue weighted by Crippen LogP contribution is 2.09. The van der Waals surface area contributed by atoms with E-state index in [2.05, 4.69) is 5.32 Å². The summed E-state index contributed by atoms with van der Waals surface area (Å²) in [5.74, 6) is -1.28. The lowest BCUT2D eigenvalue weighted by Crippen LogP contribution is -2.45. The van der Waals surface area contributed by atoms with E-state index in [9.17, 15) is 14.4 Å². The van der Waals surface area contributed by atoms with Crippen molar-refractivity contribution in [2.24, 2.45) is 11.7 Å². The van der Waals surface area contributed by atoms with E-state index >= 15 is 0 Å². The summed E-state index contributed by atoms with van der Waals surface area (Å²) in [6.07, 6.45) is 0.853. The maximum atomic E-state index is 11.5. The third-order valence-electron chi connectivity index (χ3n) is 2.51. The van der Waals surface area contributed by atoms with Gasteiger partial charge >= 0.3 is 5.97 Å². The van der Waals surface area contributed by atoms with Crippen LogP contribution in [-0.2, 0) is 14.4 Å². The summed E-state index contributed by atoms with van der Waals surface area (Å²) in [4.78, 5) is 33.0. The van der Waals surface area contributed by atoms with E-state index in [1.807, 2.05) is 6.92 Å². The van der Waals surface area contributed by atoms with Crippen LogP contribution in [0.5, 0.6) is 0 Å². The van der Waals surface area contributed by atoms with Crippen molar-refractivity contribution >= 4 is 29.5 Å². The highest BCUT2D eigenvalue weighted by molar-refractivity contribution is 7.99. The quantitative estimate of drug-likeness (QED) is 0.521. The molecule has 0 fully saturated rings. The number of primary amides is 1. The minimum absolute atomic E-state index is 0.121. The van der Waals surface area contributed by atoms with Crippen molar-refractivity contribution in [3.63, 3.8) is 0 Å². The molecule has 0 aromatic rings. The molecule has 0 saturated heterocycles. The van der Waals surface area contributed by atoms with Gasteiger partial charge in [-0.25, -0.2) is 4.79 Å². The molecule has 6 nitrogen and oxygen atoms in total. The summed E-state index contributed by atoms with van der Waals surface area (Å²) in [5, 5.41) is 11.5. The zero-order valence-electron chi connectivity index (χ0n) is 10.6. The van der Waals surface area contributed by atoms with Crippen LogP contribution < -0.4 is 11.1 Å². The fourth-order valence-electron chi connectivity index (χ4n) is 1.27. The predicted octanol–water partition coefficient (Wildman–Crippen LogP) is 0.211. The predicted molar refractivity (Wildman–Crippen MR) is 70.2 cm³/mol. The van der Waals surface area contributed by atoms with Crippen molar-refractivity contribution < 1.29 is 19.5 Å². The summed E-state index contributed by atoms with van der Waals surface area (Å²) < 4.78 is 0. The van der Waals surface area contributed by atoms with Crippen molar-refractivity contribution in [2.75, 3.05) is 11.5 Å². The zero-order chi connectivity index (χ0) is 14.1. The summed E-state index contributed by atoms with van der Waals surface area (Å²) in [6.45, 7) is 3.65. The Kier molecular flexibility index (Phi) is 8.19. The molecular formula is C11H20N2O4S. The molecule has 0 aromatic heterocycles. The summed E-state index contributed by atoms with van der Waals surface area (Å²) in [7, 11) is 0. The average Bonchev–Trinajstić information content (AvgIpc) is 2.30. The number of nitrogens with one attached hydrogen (secondary N) is 1. The van der Waals surface area contributed by atoms with Crippen LogP contribution in [0.4, 0.5) is 0 Å². The molecule has 2 atom stereocenters. The fourth-order valence-corrected chi connectivity index (χ4v) is 1.94. The van der Waals surface area contributed by atoms with Crippen molar-refractivity contribution in [3.05, 3.63) is 0 Å². The number of thioether (sulfide) groups is 1. The molecule has 0 unspecified atom stereocenters. The molecule has 2 amide bonds. The minimum atomic E-state index is -1.03. The summed E-state index contributed by atoms with van der Waals surface area (Å²) in [6, 6.07) is -0.858. The highest BCUT2D eigenvalue weighted by Gasteiger charge is 2.24. The van der Waals surface area contributed by atoms with Crippen molar-refractivity contribution in [3.8, 4) is 0 Å². The second kappa shape index (κ2) is 8.79. The molecule has 0 aromatic carbocycles. The molecule has 7 heteroatoms. The average molecular weight is 276 g/mol. The Morgan fingerprint density at radius 2 is 2.00 bits per heavy atom. The van der Waals surface area contributed by atoms with E-state index in [0.29, 0.717) is 12.2 Å². The van der Waals surface area contributed by atoms with Crippen LogP contribution >= 0.6 is 11.8 Å². The van der Waals surface area contributed by atoms with E-state index in [4.69, 9.17) is 10.8 Å². The van der Waals surface area contributed by atoms with Crippen LogP contribution in [0.25, 0.3) is 0 Å². The topological polar surface area (TPSA) is 109 Å². The molecule has 0 radical (unpaired) electrons. The normalized spacial score (nSPS) is 13.7. The largest absolute Gasteiger partial charge is 0.480 e. The van der Waals surface area contributed by atoms with Crippen LogP contribution in [0.15, 0.2) is 0 Å². The minimum Gasteiger partial charge on any atom is -0.480 e. The van der Waals surface area contributed by atoms with Gasteiger partial charge in [-0.1, -0.05) is 20.3 Å². The second-order valence-electron chi connectivity index (χ2n) is 4.04. The summed E-state index contributed by atoms with van der Waals surface area (Å²) >= 11 is 1.26. The van der Waals surface area contributed by atoms with Gasteiger partial charge in [0.25, 0.3) is 0 Å². The number of rotatable bonds is 9. The first-order valence-electron chi connectivity index (χ1n) is 5.76. The molecule has 0 aliphatic heterocycles. The van der Waals surface area contributed by atoms with Crippen LogP contribution in [0.3, 0.4) is 0 Å². The maximum Gasteiger partial charge on any atom is 0.326 e. The van der Waals surface area contributed by atoms with E-state index in [1.54, 1.807) is 6.92 Å². The van der Waals surface area contributed by atoms with Gasteiger partial charge in [-0.2, -0.15) is 11.8 Å². The molecule has 0 heterocycles. The van der Waals surface area contributed by atoms with Crippen molar-refractivity contribution in [2.45, 2.75) is 32.7 Å². The van der Waals surface area contributed by atoms with Crippen LogP contribution in [-0.4, -0.2) is 40.4 Å². The molecule has 4 N–H and O–H groups in total. The van der Waals surface area contributed by atoms with Gasteiger partial charge in [0.1, 0.15) is 6.04 Å². The fraction of sp³-hybridized carbons (Fsp3) is 0.727. The SMILES string of the molecule is CC[C@H](C)[C@H](NC(=O)CCSCC(N)=O)C(=O)O. The van der Waals surface area contributed by atoms with E-state index < -0.39 is 17.9 Å². The summed E-state index contributed by atoms with van der Waals surface area (Å²) in [5.41, 5.74) is 4.95. The first kappa shape index (κ1) is 16.8. The van der Waals surface area contributed by atoms with Gasteiger partial charge in [0, 0.05) is 12.2 Å². The Hall–Kier alpha value is -1.24. The number of amides is 2. The molecule has 104 valence electrons. The first-order valence-corrected chi connectivity index (χ1v) is 6.92. The number of hydrogen-bond acceptors (Lipinski definition) is 4. The van der Waals surface area contributed by atoms with Gasteiger partial charge in [-0.3, -0.25) is 9.59 Å². The Balaban J connectivity index is 4.03. The molecular weight excluding hydrogens is 256 g/mol. The van der Waals surface area contributed by atoms with E-state index in [-0.39, 0.29) is 24.0 Å². The van der Waals surface area contributed by atoms with Gasteiger partial charge in [0.15, 0.2) is 0 Å². The van der Waals surface area contributed by atoms with E-state index in [1.165, 1.54) is 11.8 Å². The molecule has 0 spiro atoms. The molecule has 0 rings (SSSR count). The van der Waals surface area contributed by atoms with Gasteiger partial charge in [0.05, 0.1) is 5.75 Å². The molecule has 18 heavy (non-hydrogen) atoms. The standard InChI is InChI=1S/C11H20N2O4S/c1-3-7(2)10(11(16)17)13-9(15)4-5-18-6-8(12)14/h7,10H,3-6H2,1-2H3,(H2,12,14)(H,13,15)(H,16,17)/t7-,10-/m0/s1. The molecule has 0 bridgehead atoms. The molecule has 0 aliphatic rings. The van der Waals surface area contributed by atoms with Crippen molar-refractivity contribution in [1.29, 1.82) is 0 Å². The third-order valence-corrected chi connectivity index (χ3v) is 3.49. The number of carboxylic acids is 1. The lowest BCUT2D eigenvalue weighted by Gasteiger charge is -2.19. The Bertz CT molecular complexity index is 309. The number of carboxylic acid groups (broad SMARTS) is 1. The Morgan fingerprint density at radius 1 is 1.39 bits per heavy atom. The third kappa shape index (κ3) is 7.16.